The summed E-state index contributed by atoms with van der Waals surface area (Å²) in [5, 5.41) is 0. The largest absolute Gasteiger partial charge is 0.356 e. The van der Waals surface area contributed by atoms with Crippen LogP contribution in [0.1, 0.15) is 29.5 Å². The maximum atomic E-state index is 13.6. The van der Waals surface area contributed by atoms with Crippen molar-refractivity contribution >= 4 is 51.7 Å². The number of thioether (sulfide) groups is 1. The number of hydrogen-bond acceptors (Lipinski definition) is 6. The summed E-state index contributed by atoms with van der Waals surface area (Å²) in [5.41, 5.74) is 3.22. The number of aromatic nitrogens is 2. The van der Waals surface area contributed by atoms with Gasteiger partial charge in [0.15, 0.2) is 0 Å². The zero-order valence-electron chi connectivity index (χ0n) is 19.2. The van der Waals surface area contributed by atoms with Crippen LogP contribution in [0.5, 0.6) is 0 Å². The number of hydrogen-bond donors (Lipinski definition) is 0. The number of likely N-dealkylation sites (N-methyl/N-ethyl adjacent to an activating group) is 1. The minimum Gasteiger partial charge on any atom is -0.356 e. The number of aryl methyl sites for hydroxylation is 1. The Morgan fingerprint density at radius 1 is 1.12 bits per heavy atom. The van der Waals surface area contributed by atoms with Gasteiger partial charge in [-0.25, -0.2) is 4.98 Å². The highest BCUT2D eigenvalue weighted by Crippen LogP contribution is 2.33. The Hall–Kier alpha value is -2.97. The molecular weight excluding hydrogens is 464 g/mol. The fraction of sp³-hybridized carbons (Fsp3) is 0.308. The van der Waals surface area contributed by atoms with Gasteiger partial charge in [-0.15, -0.1) is 0 Å². The number of thiocarbonyl (C=S) groups is 1. The van der Waals surface area contributed by atoms with Crippen molar-refractivity contribution < 1.29 is 4.79 Å². The summed E-state index contributed by atoms with van der Waals surface area (Å²) in [6.07, 6.45) is 6.53. The predicted octanol–water partition coefficient (Wildman–Crippen LogP) is 4.29. The third-order valence-corrected chi connectivity index (χ3v) is 8.09. The molecule has 174 valence electrons. The Morgan fingerprint density at radius 3 is 2.53 bits per heavy atom. The molecule has 0 radical (unpaired) electrons. The van der Waals surface area contributed by atoms with Crippen LogP contribution in [0.15, 0.2) is 58.4 Å². The van der Waals surface area contributed by atoms with Crippen LogP contribution in [0, 0.1) is 12.8 Å². The average Bonchev–Trinajstić information content (AvgIpc) is 3.09. The number of fused-ring (bicyclic) bond motifs is 1. The molecule has 0 unspecified atom stereocenters. The van der Waals surface area contributed by atoms with Gasteiger partial charge in [0.2, 0.25) is 0 Å². The number of rotatable bonds is 4. The molecule has 0 atom stereocenters. The summed E-state index contributed by atoms with van der Waals surface area (Å²) in [6, 6.07) is 14.4. The molecule has 0 N–H and O–H groups in total. The first-order valence-corrected chi connectivity index (χ1v) is 12.7. The van der Waals surface area contributed by atoms with E-state index in [1.807, 2.05) is 25.1 Å². The highest BCUT2D eigenvalue weighted by Gasteiger charge is 2.31. The van der Waals surface area contributed by atoms with E-state index in [0.29, 0.717) is 32.2 Å². The molecule has 2 aliphatic heterocycles. The molecule has 5 rings (SSSR count). The number of pyridine rings is 1. The summed E-state index contributed by atoms with van der Waals surface area (Å²) in [5.74, 6) is 1.07. The quantitative estimate of drug-likeness (QED) is 0.402. The van der Waals surface area contributed by atoms with E-state index in [1.165, 1.54) is 22.2 Å². The van der Waals surface area contributed by atoms with Crippen LogP contribution in [0.25, 0.3) is 11.7 Å². The highest BCUT2D eigenvalue weighted by molar-refractivity contribution is 8.26. The Labute approximate surface area is 208 Å². The van der Waals surface area contributed by atoms with Crippen LogP contribution < -0.4 is 10.5 Å². The monoisotopic (exact) mass is 490 g/mol. The van der Waals surface area contributed by atoms with E-state index in [2.05, 4.69) is 29.2 Å². The molecular formula is C26H26N4O2S2. The molecule has 0 bridgehead atoms. The Bertz CT molecular complexity index is 1360. The van der Waals surface area contributed by atoms with E-state index >= 15 is 0 Å². The standard InChI is InChI=1S/C26H26N4O2S2/c1-17-7-6-12-30-22(17)27-23(20(24(30)31)16-21-25(32)28(2)26(33)34-21)29-13-10-19(11-14-29)15-18-8-4-3-5-9-18/h3-9,12,16,19H,10-11,13-15H2,1-2H3/b21-16+. The number of piperidine rings is 1. The van der Waals surface area contributed by atoms with Gasteiger partial charge in [-0.05, 0) is 55.4 Å². The summed E-state index contributed by atoms with van der Waals surface area (Å²) in [6.45, 7) is 3.60. The van der Waals surface area contributed by atoms with Gasteiger partial charge in [0.05, 0.1) is 10.5 Å². The molecule has 0 aliphatic carbocycles. The first-order valence-electron chi connectivity index (χ1n) is 11.4. The second-order valence-electron chi connectivity index (χ2n) is 8.90. The number of carbonyl (C=O) groups excluding carboxylic acids is 1. The molecule has 2 aromatic heterocycles. The highest BCUT2D eigenvalue weighted by atomic mass is 32.2. The smallest absolute Gasteiger partial charge is 0.267 e. The van der Waals surface area contributed by atoms with E-state index in [4.69, 9.17) is 17.2 Å². The molecule has 2 fully saturated rings. The van der Waals surface area contributed by atoms with Crippen molar-refractivity contribution in [3.63, 3.8) is 0 Å². The Kier molecular flexibility index (Phi) is 6.27. The van der Waals surface area contributed by atoms with Crippen LogP contribution in [0.2, 0.25) is 0 Å². The lowest BCUT2D eigenvalue weighted by molar-refractivity contribution is -0.121. The fourth-order valence-corrected chi connectivity index (χ4v) is 5.80. The Morgan fingerprint density at radius 2 is 1.85 bits per heavy atom. The molecule has 2 aliphatic rings. The van der Waals surface area contributed by atoms with Crippen molar-refractivity contribution in [3.05, 3.63) is 80.6 Å². The van der Waals surface area contributed by atoms with E-state index in [9.17, 15) is 9.59 Å². The SMILES string of the molecule is Cc1cccn2c(=O)c(/C=C3/SC(=S)N(C)C3=O)c(N3CCC(Cc4ccccc4)CC3)nc12. The molecule has 3 aromatic rings. The van der Waals surface area contributed by atoms with Gasteiger partial charge in [0.1, 0.15) is 15.8 Å². The molecule has 0 saturated carbocycles. The molecule has 34 heavy (non-hydrogen) atoms. The number of benzene rings is 1. The topological polar surface area (TPSA) is 57.9 Å². The number of carbonyl (C=O) groups is 1. The second kappa shape index (κ2) is 9.35. The van der Waals surface area contributed by atoms with Crippen molar-refractivity contribution in [1.29, 1.82) is 0 Å². The van der Waals surface area contributed by atoms with E-state index in [1.54, 1.807) is 23.7 Å². The van der Waals surface area contributed by atoms with Gasteiger partial charge in [0.25, 0.3) is 11.5 Å². The van der Waals surface area contributed by atoms with E-state index < -0.39 is 0 Å². The number of amides is 1. The Balaban J connectivity index is 1.51. The lowest BCUT2D eigenvalue weighted by Crippen LogP contribution is -2.37. The van der Waals surface area contributed by atoms with Crippen LogP contribution in [0.3, 0.4) is 0 Å². The zero-order chi connectivity index (χ0) is 23.8. The maximum absolute atomic E-state index is 13.6. The van der Waals surface area contributed by atoms with Crippen molar-refractivity contribution in [2.45, 2.75) is 26.2 Å². The molecule has 2 saturated heterocycles. The van der Waals surface area contributed by atoms with Crippen LogP contribution in [-0.4, -0.2) is 44.6 Å². The van der Waals surface area contributed by atoms with Gasteiger partial charge < -0.3 is 4.90 Å². The summed E-state index contributed by atoms with van der Waals surface area (Å²) < 4.78 is 2.06. The summed E-state index contributed by atoms with van der Waals surface area (Å²) >= 11 is 6.51. The lowest BCUT2D eigenvalue weighted by atomic mass is 9.90. The summed E-state index contributed by atoms with van der Waals surface area (Å²) in [4.78, 5) is 35.3. The third kappa shape index (κ3) is 4.28. The molecule has 4 heterocycles. The van der Waals surface area contributed by atoms with Crippen LogP contribution >= 0.6 is 24.0 Å². The molecule has 6 nitrogen and oxygen atoms in total. The minimum atomic E-state index is -0.184. The van der Waals surface area contributed by atoms with Crippen molar-refractivity contribution in [2.75, 3.05) is 25.0 Å². The van der Waals surface area contributed by atoms with Gasteiger partial charge in [0, 0.05) is 26.3 Å². The first-order chi connectivity index (χ1) is 16.4. The molecule has 8 heteroatoms. The maximum Gasteiger partial charge on any atom is 0.267 e. The number of nitrogens with zero attached hydrogens (tertiary/aromatic N) is 4. The van der Waals surface area contributed by atoms with Gasteiger partial charge in [-0.2, -0.15) is 0 Å². The molecule has 1 amide bonds. The number of anilines is 1. The molecule has 0 spiro atoms. The van der Waals surface area contributed by atoms with Gasteiger partial charge in [-0.3, -0.25) is 18.9 Å². The van der Waals surface area contributed by atoms with Crippen LogP contribution in [0.4, 0.5) is 5.82 Å². The second-order valence-corrected chi connectivity index (χ2v) is 10.6. The summed E-state index contributed by atoms with van der Waals surface area (Å²) in [7, 11) is 1.66. The minimum absolute atomic E-state index is 0.170. The van der Waals surface area contributed by atoms with Gasteiger partial charge in [-0.1, -0.05) is 60.4 Å². The van der Waals surface area contributed by atoms with Crippen LogP contribution in [-0.2, 0) is 11.2 Å². The van der Waals surface area contributed by atoms with E-state index in [0.717, 1.165) is 37.9 Å². The molecule has 1 aromatic carbocycles. The fourth-order valence-electron chi connectivity index (χ4n) is 4.64. The first kappa shape index (κ1) is 22.8. The van der Waals surface area contributed by atoms with Crippen molar-refractivity contribution in [2.24, 2.45) is 5.92 Å². The normalized spacial score (nSPS) is 18.5. The zero-order valence-corrected chi connectivity index (χ0v) is 20.9. The average molecular weight is 491 g/mol. The predicted molar refractivity (Wildman–Crippen MR) is 142 cm³/mol. The van der Waals surface area contributed by atoms with E-state index in [-0.39, 0.29) is 11.5 Å². The lowest BCUT2D eigenvalue weighted by Gasteiger charge is -2.33. The third-order valence-electron chi connectivity index (χ3n) is 6.61. The van der Waals surface area contributed by atoms with Gasteiger partial charge >= 0.3 is 0 Å². The van der Waals surface area contributed by atoms with Crippen molar-refractivity contribution in [1.82, 2.24) is 14.3 Å². The van der Waals surface area contributed by atoms with Crippen molar-refractivity contribution in [3.8, 4) is 0 Å².